The van der Waals surface area contributed by atoms with Crippen LogP contribution in [0.25, 0.3) is 0 Å². The number of cyclic esters (lactones) is 1. The fourth-order valence-electron chi connectivity index (χ4n) is 1.54. The van der Waals surface area contributed by atoms with E-state index < -0.39 is 6.10 Å². The first-order valence-corrected chi connectivity index (χ1v) is 5.83. The van der Waals surface area contributed by atoms with Crippen LogP contribution in [0, 0.1) is 0 Å². The smallest absolute Gasteiger partial charge is 0.409 e. The summed E-state index contributed by atoms with van der Waals surface area (Å²) in [6.07, 6.45) is -0.0975. The molecule has 1 atom stereocenters. The number of nitrogens with zero attached hydrogens (tertiary/aromatic N) is 1. The number of carbonyl (C=O) groups is 1. The van der Waals surface area contributed by atoms with Gasteiger partial charge in [-0.25, -0.2) is 4.79 Å². The highest BCUT2D eigenvalue weighted by molar-refractivity contribution is 7.07. The van der Waals surface area contributed by atoms with Crippen LogP contribution in [0.15, 0.2) is 16.8 Å². The molecule has 1 saturated heterocycles. The molecule has 0 radical (unpaired) electrons. The molecule has 1 aromatic rings. The zero-order chi connectivity index (χ0) is 10.7. The normalized spacial score (nSPS) is 18.7. The topological polar surface area (TPSA) is 49.8 Å². The number of hydrogen-bond donors (Lipinski definition) is 1. The van der Waals surface area contributed by atoms with Crippen LogP contribution < -0.4 is 0 Å². The summed E-state index contributed by atoms with van der Waals surface area (Å²) < 4.78 is 4.89. The fourth-order valence-corrected chi connectivity index (χ4v) is 2.25. The standard InChI is InChI=1S/C10H13NO3S/c12-9(8-2-5-15-7-8)6-11-3-1-4-14-10(11)13/h2,5,7,9,12H,1,3-4,6H2. The Bertz CT molecular complexity index is 325. The van der Waals surface area contributed by atoms with Gasteiger partial charge in [-0.15, -0.1) is 0 Å². The van der Waals surface area contributed by atoms with Gasteiger partial charge in [0.05, 0.1) is 19.3 Å². The summed E-state index contributed by atoms with van der Waals surface area (Å²) in [7, 11) is 0. The third-order valence-electron chi connectivity index (χ3n) is 2.38. The monoisotopic (exact) mass is 227 g/mol. The molecule has 0 bridgehead atoms. The molecule has 1 fully saturated rings. The number of hydrogen-bond acceptors (Lipinski definition) is 4. The number of rotatable bonds is 3. The predicted octanol–water partition coefficient (Wildman–Crippen LogP) is 1.62. The van der Waals surface area contributed by atoms with Crippen molar-refractivity contribution in [1.29, 1.82) is 0 Å². The second-order valence-corrected chi connectivity index (χ2v) is 4.27. The minimum absolute atomic E-state index is 0.315. The Balaban J connectivity index is 1.93. The SMILES string of the molecule is O=C1OCCCN1CC(O)c1ccsc1. The first-order valence-electron chi connectivity index (χ1n) is 4.89. The van der Waals surface area contributed by atoms with Gasteiger partial charge in [-0.2, -0.15) is 11.3 Å². The van der Waals surface area contributed by atoms with Crippen LogP contribution in [0.1, 0.15) is 18.1 Å². The minimum Gasteiger partial charge on any atom is -0.449 e. The van der Waals surface area contributed by atoms with Gasteiger partial charge in [0, 0.05) is 6.54 Å². The molecule has 2 heterocycles. The van der Waals surface area contributed by atoms with E-state index in [2.05, 4.69) is 0 Å². The van der Waals surface area contributed by atoms with Crippen molar-refractivity contribution < 1.29 is 14.6 Å². The number of β-amino-alcohol motifs (C(OH)–C–C–N with tert-alkyl or cyclic N) is 1. The van der Waals surface area contributed by atoms with Crippen LogP contribution in [0.5, 0.6) is 0 Å². The van der Waals surface area contributed by atoms with Gasteiger partial charge in [0.2, 0.25) is 0 Å². The molecular formula is C10H13NO3S. The maximum absolute atomic E-state index is 11.3. The second kappa shape index (κ2) is 4.63. The van der Waals surface area contributed by atoms with Crippen molar-refractivity contribution in [3.05, 3.63) is 22.4 Å². The molecule has 1 amide bonds. The molecule has 2 rings (SSSR count). The van der Waals surface area contributed by atoms with Crippen molar-refractivity contribution in [3.63, 3.8) is 0 Å². The average molecular weight is 227 g/mol. The zero-order valence-corrected chi connectivity index (χ0v) is 9.07. The molecule has 1 unspecified atom stereocenters. The number of aliphatic hydroxyl groups is 1. The van der Waals surface area contributed by atoms with Gasteiger partial charge in [0.1, 0.15) is 0 Å². The third-order valence-corrected chi connectivity index (χ3v) is 3.08. The maximum Gasteiger partial charge on any atom is 0.409 e. The summed E-state index contributed by atoms with van der Waals surface area (Å²) in [5.41, 5.74) is 0.860. The van der Waals surface area contributed by atoms with E-state index in [1.807, 2.05) is 16.8 Å². The fraction of sp³-hybridized carbons (Fsp3) is 0.500. The first-order chi connectivity index (χ1) is 7.27. The van der Waals surface area contributed by atoms with E-state index in [1.165, 1.54) is 11.3 Å². The number of aliphatic hydroxyl groups excluding tert-OH is 1. The summed E-state index contributed by atoms with van der Waals surface area (Å²) in [6.45, 7) is 1.47. The molecule has 1 N–H and O–H groups in total. The van der Waals surface area contributed by atoms with Crippen LogP contribution in [0.4, 0.5) is 4.79 Å². The summed E-state index contributed by atoms with van der Waals surface area (Å²) in [5, 5.41) is 13.6. The van der Waals surface area contributed by atoms with Gasteiger partial charge in [-0.05, 0) is 28.8 Å². The van der Waals surface area contributed by atoms with Crippen LogP contribution in [-0.4, -0.2) is 35.8 Å². The summed E-state index contributed by atoms with van der Waals surface area (Å²) in [6, 6.07) is 1.87. The molecule has 1 aliphatic heterocycles. The van der Waals surface area contributed by atoms with Gasteiger partial charge in [0.25, 0.3) is 0 Å². The zero-order valence-electron chi connectivity index (χ0n) is 8.26. The predicted molar refractivity (Wildman–Crippen MR) is 56.8 cm³/mol. The molecule has 1 aliphatic rings. The molecule has 0 aliphatic carbocycles. The third kappa shape index (κ3) is 2.49. The van der Waals surface area contributed by atoms with E-state index in [1.54, 1.807) is 4.90 Å². The Morgan fingerprint density at radius 3 is 3.20 bits per heavy atom. The molecular weight excluding hydrogens is 214 g/mol. The summed E-state index contributed by atoms with van der Waals surface area (Å²) in [5.74, 6) is 0. The van der Waals surface area contributed by atoms with Gasteiger partial charge in [-0.3, -0.25) is 0 Å². The van der Waals surface area contributed by atoms with Gasteiger partial charge < -0.3 is 14.7 Å². The van der Waals surface area contributed by atoms with Gasteiger partial charge in [-0.1, -0.05) is 0 Å². The van der Waals surface area contributed by atoms with Crippen LogP contribution >= 0.6 is 11.3 Å². The van der Waals surface area contributed by atoms with E-state index in [0.29, 0.717) is 19.7 Å². The van der Waals surface area contributed by atoms with E-state index in [-0.39, 0.29) is 6.09 Å². The van der Waals surface area contributed by atoms with Crippen LogP contribution in [-0.2, 0) is 4.74 Å². The lowest BCUT2D eigenvalue weighted by molar-refractivity contribution is 0.0476. The lowest BCUT2D eigenvalue weighted by Gasteiger charge is -2.27. The van der Waals surface area contributed by atoms with Crippen molar-refractivity contribution in [3.8, 4) is 0 Å². The number of thiophene rings is 1. The minimum atomic E-state index is -0.609. The highest BCUT2D eigenvalue weighted by atomic mass is 32.1. The second-order valence-electron chi connectivity index (χ2n) is 3.49. The molecule has 0 saturated carbocycles. The Kier molecular flexibility index (Phi) is 3.23. The summed E-state index contributed by atoms with van der Waals surface area (Å²) >= 11 is 1.54. The van der Waals surface area contributed by atoms with Gasteiger partial charge >= 0.3 is 6.09 Å². The van der Waals surface area contributed by atoms with Crippen molar-refractivity contribution in [2.75, 3.05) is 19.7 Å². The van der Waals surface area contributed by atoms with Crippen LogP contribution in [0.3, 0.4) is 0 Å². The molecule has 5 heteroatoms. The molecule has 0 aromatic carbocycles. The maximum atomic E-state index is 11.3. The Labute approximate surface area is 92.1 Å². The van der Waals surface area contributed by atoms with Crippen molar-refractivity contribution in [1.82, 2.24) is 4.90 Å². The number of carbonyl (C=O) groups excluding carboxylic acids is 1. The molecule has 4 nitrogen and oxygen atoms in total. The Morgan fingerprint density at radius 1 is 1.67 bits per heavy atom. The quantitative estimate of drug-likeness (QED) is 0.853. The van der Waals surface area contributed by atoms with Crippen molar-refractivity contribution in [2.45, 2.75) is 12.5 Å². The summed E-state index contributed by atoms with van der Waals surface area (Å²) in [4.78, 5) is 12.8. The van der Waals surface area contributed by atoms with Gasteiger partial charge in [0.15, 0.2) is 0 Å². The van der Waals surface area contributed by atoms with Crippen molar-refractivity contribution in [2.24, 2.45) is 0 Å². The first kappa shape index (κ1) is 10.4. The largest absolute Gasteiger partial charge is 0.449 e. The van der Waals surface area contributed by atoms with Crippen molar-refractivity contribution >= 4 is 17.4 Å². The highest BCUT2D eigenvalue weighted by Crippen LogP contribution is 2.18. The van der Waals surface area contributed by atoms with E-state index >= 15 is 0 Å². The van der Waals surface area contributed by atoms with Crippen LogP contribution in [0.2, 0.25) is 0 Å². The Morgan fingerprint density at radius 2 is 2.53 bits per heavy atom. The molecule has 0 spiro atoms. The lowest BCUT2D eigenvalue weighted by Crippen LogP contribution is -2.40. The molecule has 15 heavy (non-hydrogen) atoms. The Hall–Kier alpha value is -1.07. The highest BCUT2D eigenvalue weighted by Gasteiger charge is 2.22. The molecule has 82 valence electrons. The molecule has 1 aromatic heterocycles. The van der Waals surface area contributed by atoms with E-state index in [0.717, 1.165) is 12.0 Å². The average Bonchev–Trinajstić information content (AvgIpc) is 2.74. The van der Waals surface area contributed by atoms with E-state index in [4.69, 9.17) is 4.74 Å². The number of ether oxygens (including phenoxy) is 1. The lowest BCUT2D eigenvalue weighted by atomic mass is 10.2. The van der Waals surface area contributed by atoms with E-state index in [9.17, 15) is 9.90 Å². The number of amides is 1.